The summed E-state index contributed by atoms with van der Waals surface area (Å²) in [6, 6.07) is 12.5. The molecule has 0 unspecified atom stereocenters. The van der Waals surface area contributed by atoms with Crippen LogP contribution in [0.5, 0.6) is 0 Å². The number of nitrogens with one attached hydrogen (secondary N) is 1. The van der Waals surface area contributed by atoms with Crippen LogP contribution in [0.15, 0.2) is 46.2 Å². The van der Waals surface area contributed by atoms with Gasteiger partial charge in [-0.2, -0.15) is 0 Å². The minimum absolute atomic E-state index is 0.0141. The molecule has 1 N–H and O–H groups in total. The third-order valence-corrected chi connectivity index (χ3v) is 5.70. The van der Waals surface area contributed by atoms with E-state index in [1.165, 1.54) is 11.1 Å². The Kier molecular flexibility index (Phi) is 8.16. The molecule has 30 heavy (non-hydrogen) atoms. The minimum atomic E-state index is 0.0141. The van der Waals surface area contributed by atoms with E-state index in [9.17, 15) is 4.79 Å². The maximum absolute atomic E-state index is 12.4. The van der Waals surface area contributed by atoms with Gasteiger partial charge in [0.25, 0.3) is 5.89 Å². The quantitative estimate of drug-likeness (QED) is 0.489. The molecule has 0 aliphatic carbocycles. The lowest BCUT2D eigenvalue weighted by molar-refractivity contribution is -0.122. The molecule has 0 aliphatic rings. The van der Waals surface area contributed by atoms with Crippen LogP contribution in [0.25, 0.3) is 10.8 Å². The number of carbonyl (C=O) groups excluding carboxylic acids is 1. The number of hydrogen-bond acceptors (Lipinski definition) is 6. The Morgan fingerprint density at radius 2 is 2.00 bits per heavy atom. The van der Waals surface area contributed by atoms with Crippen LogP contribution in [-0.4, -0.2) is 40.6 Å². The first-order valence-corrected chi connectivity index (χ1v) is 11.4. The van der Waals surface area contributed by atoms with Crippen LogP contribution in [-0.2, 0) is 17.8 Å². The minimum Gasteiger partial charge on any atom is -0.419 e. The SMILES string of the molecule is CCCN(CC(=O)NCCc1ccc(C(C)C)cc1)Cc1nnc(-c2cccs2)o1. The van der Waals surface area contributed by atoms with Gasteiger partial charge < -0.3 is 9.73 Å². The van der Waals surface area contributed by atoms with Crippen molar-refractivity contribution in [2.45, 2.75) is 46.1 Å². The molecule has 2 aromatic heterocycles. The lowest BCUT2D eigenvalue weighted by Crippen LogP contribution is -2.38. The lowest BCUT2D eigenvalue weighted by atomic mass is 10.0. The zero-order valence-corrected chi connectivity index (χ0v) is 18.7. The second-order valence-electron chi connectivity index (χ2n) is 7.69. The molecule has 0 radical (unpaired) electrons. The summed E-state index contributed by atoms with van der Waals surface area (Å²) in [5.41, 5.74) is 2.57. The van der Waals surface area contributed by atoms with Crippen LogP contribution < -0.4 is 5.32 Å². The summed E-state index contributed by atoms with van der Waals surface area (Å²) in [6.07, 6.45) is 1.77. The number of benzene rings is 1. The highest BCUT2D eigenvalue weighted by molar-refractivity contribution is 7.13. The van der Waals surface area contributed by atoms with Crippen molar-refractivity contribution in [1.82, 2.24) is 20.4 Å². The Bertz CT molecular complexity index is 904. The maximum Gasteiger partial charge on any atom is 0.257 e. The second-order valence-corrected chi connectivity index (χ2v) is 8.63. The number of nitrogens with zero attached hydrogens (tertiary/aromatic N) is 3. The molecule has 0 saturated heterocycles. The standard InChI is InChI=1S/C23H30N4O2S/c1-4-13-27(16-22-25-26-23(29-22)20-6-5-14-30-20)15-21(28)24-12-11-18-7-9-19(10-8-18)17(2)3/h5-10,14,17H,4,11-13,15-16H2,1-3H3,(H,24,28). The van der Waals surface area contributed by atoms with Gasteiger partial charge in [-0.25, -0.2) is 0 Å². The second kappa shape index (κ2) is 11.0. The summed E-state index contributed by atoms with van der Waals surface area (Å²) in [4.78, 5) is 15.4. The average molecular weight is 427 g/mol. The number of thiophene rings is 1. The number of rotatable bonds is 11. The van der Waals surface area contributed by atoms with Gasteiger partial charge in [-0.1, -0.05) is 51.1 Å². The van der Waals surface area contributed by atoms with Gasteiger partial charge in [-0.3, -0.25) is 9.69 Å². The van der Waals surface area contributed by atoms with Gasteiger partial charge in [0.2, 0.25) is 11.8 Å². The van der Waals surface area contributed by atoms with E-state index < -0.39 is 0 Å². The predicted octanol–water partition coefficient (Wildman–Crippen LogP) is 4.49. The molecule has 3 aromatic rings. The zero-order valence-electron chi connectivity index (χ0n) is 17.9. The van der Waals surface area contributed by atoms with E-state index in [0.717, 1.165) is 24.3 Å². The third-order valence-electron chi connectivity index (χ3n) is 4.85. The van der Waals surface area contributed by atoms with Crippen molar-refractivity contribution in [2.24, 2.45) is 0 Å². The van der Waals surface area contributed by atoms with E-state index in [1.54, 1.807) is 11.3 Å². The Morgan fingerprint density at radius 1 is 1.20 bits per heavy atom. The Hall–Kier alpha value is -2.51. The summed E-state index contributed by atoms with van der Waals surface area (Å²) in [6.45, 7) is 8.68. The van der Waals surface area contributed by atoms with E-state index in [-0.39, 0.29) is 5.91 Å². The van der Waals surface area contributed by atoms with Gasteiger partial charge >= 0.3 is 0 Å². The Labute approximate surface area is 182 Å². The van der Waals surface area contributed by atoms with Crippen LogP contribution >= 0.6 is 11.3 Å². The molecule has 6 nitrogen and oxygen atoms in total. The fraction of sp³-hybridized carbons (Fsp3) is 0.435. The van der Waals surface area contributed by atoms with Gasteiger partial charge in [0.05, 0.1) is 18.0 Å². The Morgan fingerprint density at radius 3 is 2.67 bits per heavy atom. The number of hydrogen-bond donors (Lipinski definition) is 1. The first-order valence-electron chi connectivity index (χ1n) is 10.5. The summed E-state index contributed by atoms with van der Waals surface area (Å²) in [5.74, 6) is 1.61. The fourth-order valence-electron chi connectivity index (χ4n) is 3.21. The third kappa shape index (κ3) is 6.50. The predicted molar refractivity (Wildman–Crippen MR) is 120 cm³/mol. The molecule has 160 valence electrons. The Balaban J connectivity index is 1.46. The summed E-state index contributed by atoms with van der Waals surface area (Å²) in [5, 5.41) is 13.3. The topological polar surface area (TPSA) is 71.3 Å². The molecule has 2 heterocycles. The molecule has 0 aliphatic heterocycles. The summed E-state index contributed by atoms with van der Waals surface area (Å²) < 4.78 is 5.77. The van der Waals surface area contributed by atoms with Crippen LogP contribution in [0.4, 0.5) is 0 Å². The largest absolute Gasteiger partial charge is 0.419 e. The van der Waals surface area contributed by atoms with E-state index in [1.807, 2.05) is 22.4 Å². The first-order chi connectivity index (χ1) is 14.5. The number of carbonyl (C=O) groups is 1. The highest BCUT2D eigenvalue weighted by Crippen LogP contribution is 2.23. The van der Waals surface area contributed by atoms with Crippen LogP contribution in [0, 0.1) is 0 Å². The molecule has 3 rings (SSSR count). The van der Waals surface area contributed by atoms with E-state index in [0.29, 0.717) is 37.3 Å². The molecule has 1 aromatic carbocycles. The summed E-state index contributed by atoms with van der Waals surface area (Å²) in [7, 11) is 0. The molecular weight excluding hydrogens is 396 g/mol. The molecule has 0 fully saturated rings. The van der Waals surface area contributed by atoms with Crippen LogP contribution in [0.1, 0.15) is 50.1 Å². The van der Waals surface area contributed by atoms with Crippen LogP contribution in [0.3, 0.4) is 0 Å². The van der Waals surface area contributed by atoms with Crippen molar-refractivity contribution in [2.75, 3.05) is 19.6 Å². The highest BCUT2D eigenvalue weighted by atomic mass is 32.1. The molecule has 0 saturated carbocycles. The van der Waals surface area contributed by atoms with Crippen molar-refractivity contribution in [3.63, 3.8) is 0 Å². The molecule has 0 atom stereocenters. The van der Waals surface area contributed by atoms with Gasteiger partial charge in [0.1, 0.15) is 0 Å². The zero-order chi connectivity index (χ0) is 21.3. The fourth-order valence-corrected chi connectivity index (χ4v) is 3.86. The number of aromatic nitrogens is 2. The van der Waals surface area contributed by atoms with E-state index >= 15 is 0 Å². The van der Waals surface area contributed by atoms with Crippen molar-refractivity contribution < 1.29 is 9.21 Å². The van der Waals surface area contributed by atoms with Gasteiger partial charge in [0, 0.05) is 6.54 Å². The van der Waals surface area contributed by atoms with Crippen molar-refractivity contribution in [3.05, 3.63) is 58.8 Å². The summed E-state index contributed by atoms with van der Waals surface area (Å²) >= 11 is 1.56. The molecule has 1 amide bonds. The highest BCUT2D eigenvalue weighted by Gasteiger charge is 2.15. The van der Waals surface area contributed by atoms with Crippen molar-refractivity contribution >= 4 is 17.2 Å². The lowest BCUT2D eigenvalue weighted by Gasteiger charge is -2.19. The monoisotopic (exact) mass is 426 g/mol. The van der Waals surface area contributed by atoms with Crippen LogP contribution in [0.2, 0.25) is 0 Å². The molecular formula is C23H30N4O2S. The first kappa shape index (κ1) is 22.2. The average Bonchev–Trinajstić information content (AvgIpc) is 3.40. The van der Waals surface area contributed by atoms with E-state index in [4.69, 9.17) is 4.42 Å². The van der Waals surface area contributed by atoms with Crippen molar-refractivity contribution in [1.29, 1.82) is 0 Å². The molecule has 7 heteroatoms. The molecule has 0 spiro atoms. The van der Waals surface area contributed by atoms with Crippen molar-refractivity contribution in [3.8, 4) is 10.8 Å². The number of amides is 1. The maximum atomic E-state index is 12.4. The van der Waals surface area contributed by atoms with Gasteiger partial charge in [-0.05, 0) is 47.9 Å². The molecule has 0 bridgehead atoms. The smallest absolute Gasteiger partial charge is 0.257 e. The van der Waals surface area contributed by atoms with Gasteiger partial charge in [0.15, 0.2) is 0 Å². The van der Waals surface area contributed by atoms with Gasteiger partial charge in [-0.15, -0.1) is 21.5 Å². The normalized spacial score (nSPS) is 11.4. The van der Waals surface area contributed by atoms with E-state index in [2.05, 4.69) is 60.6 Å².